The Bertz CT molecular complexity index is 525. The molecule has 0 aromatic carbocycles. The highest BCUT2D eigenvalue weighted by molar-refractivity contribution is 5.97. The van der Waals surface area contributed by atoms with Crippen LogP contribution in [0.4, 0.5) is 5.69 Å². The van der Waals surface area contributed by atoms with E-state index in [1.165, 1.54) is 6.42 Å². The number of aromatic nitrogens is 2. The molecule has 1 aliphatic rings. The highest BCUT2D eigenvalue weighted by Gasteiger charge is 2.45. The molecule has 1 unspecified atom stereocenters. The van der Waals surface area contributed by atoms with Crippen molar-refractivity contribution in [1.29, 1.82) is 0 Å². The number of carbonyl (C=O) groups is 1. The molecule has 0 radical (unpaired) electrons. The average Bonchev–Trinajstić information content (AvgIpc) is 3.04. The molecule has 1 heterocycles. The van der Waals surface area contributed by atoms with Gasteiger partial charge in [-0.15, -0.1) is 0 Å². The molecule has 1 saturated carbocycles. The zero-order valence-electron chi connectivity index (χ0n) is 13.7. The molecule has 1 fully saturated rings. The molecule has 2 rings (SSSR count). The van der Waals surface area contributed by atoms with Crippen LogP contribution in [0, 0.1) is 11.3 Å². The molecule has 1 aromatic heterocycles. The predicted molar refractivity (Wildman–Crippen MR) is 84.5 cm³/mol. The van der Waals surface area contributed by atoms with Crippen molar-refractivity contribution in [2.24, 2.45) is 11.3 Å². The molecule has 0 saturated heterocycles. The summed E-state index contributed by atoms with van der Waals surface area (Å²) in [6.07, 6.45) is 2.89. The molecule has 5 nitrogen and oxygen atoms in total. The molecule has 1 aliphatic carbocycles. The average molecular weight is 290 g/mol. The second kappa shape index (κ2) is 6.00. The highest BCUT2D eigenvalue weighted by Crippen LogP contribution is 2.50. The lowest BCUT2D eigenvalue weighted by molar-refractivity contribution is 0.0946. The summed E-state index contributed by atoms with van der Waals surface area (Å²) >= 11 is 0. The Morgan fingerprint density at radius 2 is 2.14 bits per heavy atom. The number of hydrogen-bond donors (Lipinski definition) is 2. The van der Waals surface area contributed by atoms with Crippen molar-refractivity contribution >= 4 is 11.6 Å². The van der Waals surface area contributed by atoms with E-state index in [0.29, 0.717) is 28.5 Å². The molecular weight excluding hydrogens is 264 g/mol. The fourth-order valence-electron chi connectivity index (χ4n) is 2.39. The van der Waals surface area contributed by atoms with Gasteiger partial charge in [-0.05, 0) is 24.7 Å². The maximum atomic E-state index is 12.4. The van der Waals surface area contributed by atoms with Crippen LogP contribution in [0.3, 0.4) is 0 Å². The van der Waals surface area contributed by atoms with Gasteiger partial charge in [0.25, 0.3) is 5.91 Å². The summed E-state index contributed by atoms with van der Waals surface area (Å²) in [5.41, 5.74) is 1.52. The smallest absolute Gasteiger partial charge is 0.272 e. The summed E-state index contributed by atoms with van der Waals surface area (Å²) in [7, 11) is 0. The molecule has 116 valence electrons. The third-order valence-corrected chi connectivity index (χ3v) is 4.13. The van der Waals surface area contributed by atoms with Crippen LogP contribution in [0.15, 0.2) is 6.20 Å². The van der Waals surface area contributed by atoms with Crippen LogP contribution in [0.5, 0.6) is 0 Å². The molecule has 1 aromatic rings. The van der Waals surface area contributed by atoms with Gasteiger partial charge < -0.3 is 10.6 Å². The minimum absolute atomic E-state index is 0.113. The highest BCUT2D eigenvalue weighted by atomic mass is 16.1. The molecule has 1 atom stereocenters. The molecular formula is C16H26N4O. The summed E-state index contributed by atoms with van der Waals surface area (Å²) in [4.78, 5) is 21.2. The number of hydrogen-bond acceptors (Lipinski definition) is 4. The lowest BCUT2D eigenvalue weighted by Crippen LogP contribution is -2.29. The van der Waals surface area contributed by atoms with Gasteiger partial charge in [0.15, 0.2) is 5.69 Å². The predicted octanol–water partition coefficient (Wildman–Crippen LogP) is 2.81. The van der Waals surface area contributed by atoms with Crippen molar-refractivity contribution in [3.63, 3.8) is 0 Å². The Morgan fingerprint density at radius 1 is 1.48 bits per heavy atom. The van der Waals surface area contributed by atoms with Gasteiger partial charge in [-0.25, -0.2) is 9.97 Å². The molecule has 21 heavy (non-hydrogen) atoms. The summed E-state index contributed by atoms with van der Waals surface area (Å²) in [6, 6.07) is 0. The Balaban J connectivity index is 2.11. The Hall–Kier alpha value is -1.65. The van der Waals surface area contributed by atoms with Gasteiger partial charge >= 0.3 is 0 Å². The van der Waals surface area contributed by atoms with Crippen LogP contribution >= 0.6 is 0 Å². The van der Waals surface area contributed by atoms with Gasteiger partial charge in [-0.1, -0.05) is 27.7 Å². The van der Waals surface area contributed by atoms with E-state index in [4.69, 9.17) is 0 Å². The van der Waals surface area contributed by atoms with Gasteiger partial charge in [0.1, 0.15) is 5.82 Å². The first-order valence-corrected chi connectivity index (χ1v) is 7.74. The van der Waals surface area contributed by atoms with Crippen LogP contribution in [0.2, 0.25) is 0 Å². The van der Waals surface area contributed by atoms with E-state index in [2.05, 4.69) is 34.4 Å². The number of nitrogens with one attached hydrogen (secondary N) is 2. The fraction of sp³-hybridized carbons (Fsp3) is 0.688. The van der Waals surface area contributed by atoms with Gasteiger partial charge in [0.05, 0.1) is 11.9 Å². The third kappa shape index (κ3) is 3.71. The van der Waals surface area contributed by atoms with E-state index in [1.54, 1.807) is 6.20 Å². The minimum Gasteiger partial charge on any atom is -0.382 e. The maximum Gasteiger partial charge on any atom is 0.272 e. The Morgan fingerprint density at radius 3 is 2.67 bits per heavy atom. The lowest BCUT2D eigenvalue weighted by atomic mass is 10.1. The lowest BCUT2D eigenvalue weighted by Gasteiger charge is -2.13. The van der Waals surface area contributed by atoms with Crippen molar-refractivity contribution in [3.8, 4) is 0 Å². The Kier molecular flexibility index (Phi) is 4.49. The largest absolute Gasteiger partial charge is 0.382 e. The molecule has 2 N–H and O–H groups in total. The number of anilines is 1. The Labute approximate surface area is 127 Å². The molecule has 0 aliphatic heterocycles. The zero-order chi connectivity index (χ0) is 15.6. The summed E-state index contributed by atoms with van der Waals surface area (Å²) < 4.78 is 0. The summed E-state index contributed by atoms with van der Waals surface area (Å²) in [5, 5.41) is 6.17. The first-order chi connectivity index (χ1) is 9.85. The van der Waals surface area contributed by atoms with E-state index < -0.39 is 0 Å². The summed E-state index contributed by atoms with van der Waals surface area (Å²) in [5.74, 6) is 1.37. The number of rotatable bonds is 6. The first kappa shape index (κ1) is 15.7. The minimum atomic E-state index is -0.113. The van der Waals surface area contributed by atoms with E-state index in [9.17, 15) is 4.79 Å². The van der Waals surface area contributed by atoms with Crippen molar-refractivity contribution < 1.29 is 4.79 Å². The fourth-order valence-corrected chi connectivity index (χ4v) is 2.39. The van der Waals surface area contributed by atoms with Crippen molar-refractivity contribution in [3.05, 3.63) is 17.7 Å². The maximum absolute atomic E-state index is 12.4. The van der Waals surface area contributed by atoms with Crippen LogP contribution < -0.4 is 10.6 Å². The van der Waals surface area contributed by atoms with Crippen molar-refractivity contribution in [2.45, 2.75) is 47.0 Å². The van der Waals surface area contributed by atoms with Gasteiger partial charge in [0.2, 0.25) is 0 Å². The van der Waals surface area contributed by atoms with Crippen LogP contribution in [0.25, 0.3) is 0 Å². The SMILES string of the molecule is CCNc1cnc(C(C)C)nc1C(=O)NCC1CC1(C)C. The second-order valence-electron chi connectivity index (χ2n) is 6.78. The number of nitrogens with zero attached hydrogens (tertiary/aromatic N) is 2. The number of amides is 1. The molecule has 0 spiro atoms. The van der Waals surface area contributed by atoms with E-state index in [0.717, 1.165) is 13.1 Å². The molecule has 1 amide bonds. The monoisotopic (exact) mass is 290 g/mol. The summed E-state index contributed by atoms with van der Waals surface area (Å²) in [6.45, 7) is 12.0. The first-order valence-electron chi connectivity index (χ1n) is 7.74. The van der Waals surface area contributed by atoms with E-state index in [1.807, 2.05) is 20.8 Å². The molecule has 0 bridgehead atoms. The normalized spacial score (nSPS) is 19.4. The van der Waals surface area contributed by atoms with E-state index in [-0.39, 0.29) is 11.8 Å². The van der Waals surface area contributed by atoms with Gasteiger partial charge in [-0.3, -0.25) is 4.79 Å². The topological polar surface area (TPSA) is 66.9 Å². The van der Waals surface area contributed by atoms with E-state index >= 15 is 0 Å². The zero-order valence-corrected chi connectivity index (χ0v) is 13.7. The van der Waals surface area contributed by atoms with Crippen molar-refractivity contribution in [1.82, 2.24) is 15.3 Å². The number of carbonyl (C=O) groups excluding carboxylic acids is 1. The quantitative estimate of drug-likeness (QED) is 0.845. The van der Waals surface area contributed by atoms with Gasteiger partial charge in [-0.2, -0.15) is 0 Å². The van der Waals surface area contributed by atoms with Crippen LogP contribution in [-0.2, 0) is 0 Å². The second-order valence-corrected chi connectivity index (χ2v) is 6.78. The van der Waals surface area contributed by atoms with Crippen LogP contribution in [-0.4, -0.2) is 29.0 Å². The van der Waals surface area contributed by atoms with Crippen LogP contribution in [0.1, 0.15) is 63.3 Å². The van der Waals surface area contributed by atoms with Crippen molar-refractivity contribution in [2.75, 3.05) is 18.4 Å². The molecule has 5 heteroatoms. The van der Waals surface area contributed by atoms with Gasteiger partial charge in [0, 0.05) is 19.0 Å². The third-order valence-electron chi connectivity index (χ3n) is 4.13. The standard InChI is InChI=1S/C16H26N4O/c1-6-17-12-9-18-14(10(2)3)20-13(12)15(21)19-8-11-7-16(11,4)5/h9-11,17H,6-8H2,1-5H3,(H,19,21).